The second-order valence-electron chi connectivity index (χ2n) is 8.07. The number of nitrogens with one attached hydrogen (secondary N) is 1. The van der Waals surface area contributed by atoms with Gasteiger partial charge < -0.3 is 9.88 Å². The third-order valence-electron chi connectivity index (χ3n) is 5.92. The number of halogens is 1. The Morgan fingerprint density at radius 3 is 2.55 bits per heavy atom. The van der Waals surface area contributed by atoms with Crippen LogP contribution in [0.25, 0.3) is 0 Å². The van der Waals surface area contributed by atoms with E-state index < -0.39 is 0 Å². The summed E-state index contributed by atoms with van der Waals surface area (Å²) in [6, 6.07) is 16.4. The van der Waals surface area contributed by atoms with E-state index in [9.17, 15) is 9.18 Å². The van der Waals surface area contributed by atoms with Crippen molar-refractivity contribution < 1.29 is 9.18 Å². The van der Waals surface area contributed by atoms with E-state index in [1.54, 1.807) is 12.1 Å². The number of hydrogen-bond acceptors (Lipinski definition) is 2. The summed E-state index contributed by atoms with van der Waals surface area (Å²) in [6.45, 7) is 3.50. The second-order valence-corrected chi connectivity index (χ2v) is 8.07. The van der Waals surface area contributed by atoms with E-state index in [1.165, 1.54) is 6.07 Å². The zero-order valence-corrected chi connectivity index (χ0v) is 16.6. The van der Waals surface area contributed by atoms with Crippen molar-refractivity contribution in [2.45, 2.75) is 38.6 Å². The number of hydrogen-bond donors (Lipinski definition) is 1. The Morgan fingerprint density at radius 2 is 1.90 bits per heavy atom. The highest BCUT2D eigenvalue weighted by Gasteiger charge is 2.43. The van der Waals surface area contributed by atoms with Crippen LogP contribution in [0.2, 0.25) is 0 Å². The molecule has 1 heterocycles. The summed E-state index contributed by atoms with van der Waals surface area (Å²) < 4.78 is 16.6. The molecule has 1 atom stereocenters. The van der Waals surface area contributed by atoms with Crippen LogP contribution >= 0.6 is 0 Å². The van der Waals surface area contributed by atoms with E-state index in [4.69, 9.17) is 0 Å². The van der Waals surface area contributed by atoms with Gasteiger partial charge in [0, 0.05) is 43.2 Å². The van der Waals surface area contributed by atoms with Gasteiger partial charge >= 0.3 is 0 Å². The van der Waals surface area contributed by atoms with Crippen LogP contribution in [0.15, 0.2) is 67.0 Å². The predicted molar refractivity (Wildman–Crippen MR) is 111 cm³/mol. The molecule has 1 aromatic heterocycles. The first-order valence-corrected chi connectivity index (χ1v) is 10.1. The molecule has 1 aliphatic carbocycles. The largest absolute Gasteiger partial charge is 0.355 e. The maximum absolute atomic E-state index is 14.5. The Hall–Kier alpha value is -2.95. The molecule has 0 bridgehead atoms. The van der Waals surface area contributed by atoms with Crippen LogP contribution in [0.4, 0.5) is 4.39 Å². The molecule has 0 spiro atoms. The first kappa shape index (κ1) is 19.4. The molecule has 0 radical (unpaired) electrons. The van der Waals surface area contributed by atoms with Crippen molar-refractivity contribution in [1.29, 1.82) is 0 Å². The highest BCUT2D eigenvalue weighted by Crippen LogP contribution is 2.46. The number of rotatable bonds is 8. The lowest BCUT2D eigenvalue weighted by atomic mass is 9.88. The summed E-state index contributed by atoms with van der Waals surface area (Å²) in [5.74, 6) is 0.369. The van der Waals surface area contributed by atoms with Crippen LogP contribution in [0.5, 0.6) is 0 Å². The van der Waals surface area contributed by atoms with Gasteiger partial charge in [0.15, 0.2) is 0 Å². The Labute approximate surface area is 170 Å². The maximum Gasteiger partial charge on any atom is 0.220 e. The molecule has 3 aromatic rings. The molecule has 1 saturated carbocycles. The molecule has 1 N–H and O–H groups in total. The Kier molecular flexibility index (Phi) is 5.47. The molecule has 0 unspecified atom stereocenters. The van der Waals surface area contributed by atoms with Crippen molar-refractivity contribution in [2.24, 2.45) is 5.41 Å². The van der Waals surface area contributed by atoms with E-state index in [1.807, 2.05) is 55.7 Å². The van der Waals surface area contributed by atoms with E-state index in [-0.39, 0.29) is 29.5 Å². The highest BCUT2D eigenvalue weighted by molar-refractivity contribution is 5.77. The molecule has 5 heteroatoms. The predicted octanol–water partition coefficient (Wildman–Crippen LogP) is 4.45. The van der Waals surface area contributed by atoms with Crippen LogP contribution in [-0.2, 0) is 11.3 Å². The average Bonchev–Trinajstić information content (AvgIpc) is 3.39. The number of aryl methyl sites for hydroxylation is 1. The van der Waals surface area contributed by atoms with Crippen molar-refractivity contribution in [3.63, 3.8) is 0 Å². The minimum atomic E-state index is -0.302. The standard InChI is InChI=1S/C24H26FN3O/c1-18-26-13-14-28(18)17-24(11-12-24)16-27-23(29)15-21(19-7-3-2-4-8-19)20-9-5-6-10-22(20)25/h2-10,13-14,21H,11-12,15-17H2,1H3,(H,27,29)/t21-/m1/s1. The second kappa shape index (κ2) is 8.19. The molecule has 29 heavy (non-hydrogen) atoms. The van der Waals surface area contributed by atoms with Gasteiger partial charge in [-0.2, -0.15) is 0 Å². The summed E-state index contributed by atoms with van der Waals surface area (Å²) in [5.41, 5.74) is 1.62. The third-order valence-corrected chi connectivity index (χ3v) is 5.92. The first-order chi connectivity index (χ1) is 14.1. The van der Waals surface area contributed by atoms with Crippen LogP contribution in [0.1, 0.15) is 42.1 Å². The van der Waals surface area contributed by atoms with Gasteiger partial charge in [-0.1, -0.05) is 48.5 Å². The van der Waals surface area contributed by atoms with Crippen LogP contribution in [0, 0.1) is 18.2 Å². The maximum atomic E-state index is 14.5. The van der Waals surface area contributed by atoms with Gasteiger partial charge in [0.05, 0.1) is 0 Å². The van der Waals surface area contributed by atoms with Gasteiger partial charge in [-0.15, -0.1) is 0 Å². The number of aromatic nitrogens is 2. The molecule has 0 saturated heterocycles. The van der Waals surface area contributed by atoms with Crippen molar-refractivity contribution in [1.82, 2.24) is 14.9 Å². The molecule has 4 rings (SSSR count). The van der Waals surface area contributed by atoms with Crippen LogP contribution in [0.3, 0.4) is 0 Å². The first-order valence-electron chi connectivity index (χ1n) is 10.1. The van der Waals surface area contributed by atoms with Crippen molar-refractivity contribution in [3.05, 3.63) is 89.8 Å². The monoisotopic (exact) mass is 391 g/mol. The Balaban J connectivity index is 1.44. The van der Waals surface area contributed by atoms with Crippen LogP contribution < -0.4 is 5.32 Å². The summed E-state index contributed by atoms with van der Waals surface area (Å²) in [5, 5.41) is 3.11. The molecular formula is C24H26FN3O. The van der Waals surface area contributed by atoms with E-state index >= 15 is 0 Å². The van der Waals surface area contributed by atoms with Gasteiger partial charge in [-0.3, -0.25) is 4.79 Å². The van der Waals surface area contributed by atoms with Gasteiger partial charge in [-0.05, 0) is 37.0 Å². The zero-order valence-electron chi connectivity index (χ0n) is 16.6. The fourth-order valence-electron chi connectivity index (χ4n) is 3.89. The quantitative estimate of drug-likeness (QED) is 0.617. The van der Waals surface area contributed by atoms with Gasteiger partial charge in [0.1, 0.15) is 11.6 Å². The van der Waals surface area contributed by atoms with Gasteiger partial charge in [0.25, 0.3) is 0 Å². The minimum absolute atomic E-state index is 0.0456. The minimum Gasteiger partial charge on any atom is -0.355 e. The molecule has 1 fully saturated rings. The zero-order chi connectivity index (χ0) is 20.3. The molecule has 2 aromatic carbocycles. The third kappa shape index (κ3) is 4.56. The fourth-order valence-corrected chi connectivity index (χ4v) is 3.89. The molecule has 0 aliphatic heterocycles. The Morgan fingerprint density at radius 1 is 1.17 bits per heavy atom. The lowest BCUT2D eigenvalue weighted by Gasteiger charge is -2.21. The number of carbonyl (C=O) groups excluding carboxylic acids is 1. The van der Waals surface area contributed by atoms with Crippen LogP contribution in [-0.4, -0.2) is 22.0 Å². The van der Waals surface area contributed by atoms with E-state index in [0.717, 1.165) is 30.8 Å². The number of benzene rings is 2. The molecule has 1 amide bonds. The lowest BCUT2D eigenvalue weighted by Crippen LogP contribution is -2.33. The molecule has 4 nitrogen and oxygen atoms in total. The van der Waals surface area contributed by atoms with Crippen molar-refractivity contribution in [2.75, 3.05) is 6.54 Å². The smallest absolute Gasteiger partial charge is 0.220 e. The molecule has 1 aliphatic rings. The van der Waals surface area contributed by atoms with Crippen molar-refractivity contribution in [3.8, 4) is 0 Å². The Bertz CT molecular complexity index is 979. The van der Waals surface area contributed by atoms with E-state index in [2.05, 4.69) is 14.9 Å². The summed E-state index contributed by atoms with van der Waals surface area (Å²) in [7, 11) is 0. The molecule has 150 valence electrons. The van der Waals surface area contributed by atoms with Gasteiger partial charge in [-0.25, -0.2) is 9.37 Å². The summed E-state index contributed by atoms with van der Waals surface area (Å²) >= 11 is 0. The SMILES string of the molecule is Cc1nccn1CC1(CNC(=O)C[C@H](c2ccccc2)c2ccccc2F)CC1. The lowest BCUT2D eigenvalue weighted by molar-refractivity contribution is -0.121. The normalized spacial score (nSPS) is 15.7. The number of carbonyl (C=O) groups is 1. The average molecular weight is 391 g/mol. The summed E-state index contributed by atoms with van der Waals surface area (Å²) in [6.07, 6.45) is 6.22. The number of imidazole rings is 1. The number of nitrogens with zero attached hydrogens (tertiary/aromatic N) is 2. The fraction of sp³-hybridized carbons (Fsp3) is 0.333. The van der Waals surface area contributed by atoms with E-state index in [0.29, 0.717) is 12.1 Å². The number of amides is 1. The van der Waals surface area contributed by atoms with Gasteiger partial charge in [0.2, 0.25) is 5.91 Å². The van der Waals surface area contributed by atoms with Crippen molar-refractivity contribution >= 4 is 5.91 Å². The highest BCUT2D eigenvalue weighted by atomic mass is 19.1. The topological polar surface area (TPSA) is 46.9 Å². The molecular weight excluding hydrogens is 365 g/mol. The summed E-state index contributed by atoms with van der Waals surface area (Å²) in [4.78, 5) is 17.1.